The van der Waals surface area contributed by atoms with Crippen molar-refractivity contribution in [2.24, 2.45) is 7.05 Å². The van der Waals surface area contributed by atoms with Crippen LogP contribution in [0.3, 0.4) is 0 Å². The molecule has 98 valence electrons. The summed E-state index contributed by atoms with van der Waals surface area (Å²) in [6.07, 6.45) is 7.55. The first kappa shape index (κ1) is 12.8. The summed E-state index contributed by atoms with van der Waals surface area (Å²) in [7, 11) is 2.00. The lowest BCUT2D eigenvalue weighted by atomic mass is 10.4. The van der Waals surface area contributed by atoms with E-state index in [9.17, 15) is 0 Å². The summed E-state index contributed by atoms with van der Waals surface area (Å²) in [6, 6.07) is 0. The van der Waals surface area contributed by atoms with Crippen LogP contribution in [0.15, 0.2) is 18.7 Å². The van der Waals surface area contributed by atoms with Crippen molar-refractivity contribution in [3.63, 3.8) is 0 Å². The van der Waals surface area contributed by atoms with E-state index in [1.54, 1.807) is 6.33 Å². The second kappa shape index (κ2) is 6.30. The molecule has 2 heterocycles. The van der Waals surface area contributed by atoms with E-state index in [2.05, 4.69) is 27.3 Å². The lowest BCUT2D eigenvalue weighted by molar-refractivity contribution is 0.573. The molecule has 0 fully saturated rings. The van der Waals surface area contributed by atoms with Gasteiger partial charge in [-0.25, -0.2) is 9.97 Å². The van der Waals surface area contributed by atoms with E-state index >= 15 is 0 Å². The van der Waals surface area contributed by atoms with Crippen LogP contribution in [-0.4, -0.2) is 30.9 Å². The van der Waals surface area contributed by atoms with E-state index in [1.165, 1.54) is 0 Å². The fraction of sp³-hybridized carbons (Fsp3) is 0.583. The second-order valence-electron chi connectivity index (χ2n) is 4.31. The topological polar surface area (TPSA) is 60.6 Å². The van der Waals surface area contributed by atoms with Crippen molar-refractivity contribution < 1.29 is 0 Å². The molecule has 0 amide bonds. The highest BCUT2D eigenvalue weighted by Crippen LogP contribution is 1.98. The van der Waals surface area contributed by atoms with Gasteiger partial charge in [0.05, 0.1) is 6.54 Å². The van der Waals surface area contributed by atoms with Gasteiger partial charge in [-0.1, -0.05) is 6.92 Å². The van der Waals surface area contributed by atoms with Gasteiger partial charge >= 0.3 is 0 Å². The summed E-state index contributed by atoms with van der Waals surface area (Å²) in [6.45, 7) is 4.70. The zero-order chi connectivity index (χ0) is 12.8. The van der Waals surface area contributed by atoms with Gasteiger partial charge in [0.1, 0.15) is 12.2 Å². The van der Waals surface area contributed by atoms with Gasteiger partial charge in [0.15, 0.2) is 5.82 Å². The molecule has 0 atom stereocenters. The van der Waals surface area contributed by atoms with Gasteiger partial charge in [-0.3, -0.25) is 4.68 Å². The maximum Gasteiger partial charge on any atom is 0.164 e. The van der Waals surface area contributed by atoms with E-state index in [0.717, 1.165) is 44.1 Å². The molecule has 0 aromatic carbocycles. The number of aromatic nitrogens is 5. The lowest BCUT2D eigenvalue weighted by Gasteiger charge is -2.01. The Morgan fingerprint density at radius 1 is 1.33 bits per heavy atom. The first-order valence-corrected chi connectivity index (χ1v) is 6.35. The van der Waals surface area contributed by atoms with Gasteiger partial charge in [0, 0.05) is 32.4 Å². The molecule has 0 saturated carbocycles. The molecule has 18 heavy (non-hydrogen) atoms. The van der Waals surface area contributed by atoms with E-state index < -0.39 is 0 Å². The summed E-state index contributed by atoms with van der Waals surface area (Å²) in [5.74, 6) is 1.92. The maximum absolute atomic E-state index is 4.42. The average molecular weight is 248 g/mol. The van der Waals surface area contributed by atoms with Gasteiger partial charge in [-0.05, 0) is 13.0 Å². The molecule has 0 aliphatic rings. The summed E-state index contributed by atoms with van der Waals surface area (Å²) < 4.78 is 3.90. The van der Waals surface area contributed by atoms with Gasteiger partial charge in [0.2, 0.25) is 0 Å². The normalized spacial score (nSPS) is 11.0. The van der Waals surface area contributed by atoms with Crippen LogP contribution < -0.4 is 5.32 Å². The Morgan fingerprint density at radius 3 is 2.94 bits per heavy atom. The molecule has 1 N–H and O–H groups in total. The number of hydrogen-bond donors (Lipinski definition) is 1. The standard InChI is InChI=1S/C12H20N6/c1-3-5-13-9-11-15-10-18(16-11)7-4-12-14-6-8-17(12)2/h6,8,10,13H,3-5,7,9H2,1-2H3. The SMILES string of the molecule is CCCNCc1ncn(CCc2nccn2C)n1. The highest BCUT2D eigenvalue weighted by Gasteiger charge is 2.03. The fourth-order valence-corrected chi connectivity index (χ4v) is 1.75. The molecule has 0 spiro atoms. The summed E-state index contributed by atoms with van der Waals surface area (Å²) in [5.41, 5.74) is 0. The number of nitrogens with one attached hydrogen (secondary N) is 1. The van der Waals surface area contributed by atoms with Crippen LogP contribution in [0.5, 0.6) is 0 Å². The Bertz CT molecular complexity index is 472. The molecule has 0 unspecified atom stereocenters. The third-order valence-corrected chi connectivity index (χ3v) is 2.78. The summed E-state index contributed by atoms with van der Waals surface area (Å²) >= 11 is 0. The molecule has 6 nitrogen and oxygen atoms in total. The summed E-state index contributed by atoms with van der Waals surface area (Å²) in [4.78, 5) is 8.56. The molecule has 2 aromatic heterocycles. The molecule has 0 aliphatic heterocycles. The van der Waals surface area contributed by atoms with Crippen LogP contribution >= 0.6 is 0 Å². The number of imidazole rings is 1. The Balaban J connectivity index is 1.81. The average Bonchev–Trinajstić information content (AvgIpc) is 2.96. The molecular weight excluding hydrogens is 228 g/mol. The van der Waals surface area contributed by atoms with Crippen LogP contribution in [0, 0.1) is 0 Å². The van der Waals surface area contributed by atoms with Crippen molar-refractivity contribution in [2.75, 3.05) is 6.54 Å². The third-order valence-electron chi connectivity index (χ3n) is 2.78. The quantitative estimate of drug-likeness (QED) is 0.735. The predicted molar refractivity (Wildman–Crippen MR) is 68.9 cm³/mol. The lowest BCUT2D eigenvalue weighted by Crippen LogP contribution is -2.15. The van der Waals surface area contributed by atoms with E-state index in [1.807, 2.05) is 28.7 Å². The minimum absolute atomic E-state index is 0.739. The van der Waals surface area contributed by atoms with Crippen molar-refractivity contribution in [1.29, 1.82) is 0 Å². The zero-order valence-electron chi connectivity index (χ0n) is 11.0. The van der Waals surface area contributed by atoms with Crippen LogP contribution in [0.2, 0.25) is 0 Å². The largest absolute Gasteiger partial charge is 0.338 e. The highest BCUT2D eigenvalue weighted by atomic mass is 15.3. The van der Waals surface area contributed by atoms with Crippen LogP contribution in [0.1, 0.15) is 25.0 Å². The third kappa shape index (κ3) is 3.40. The van der Waals surface area contributed by atoms with E-state index in [-0.39, 0.29) is 0 Å². The Morgan fingerprint density at radius 2 is 2.22 bits per heavy atom. The van der Waals surface area contributed by atoms with Crippen LogP contribution in [0.4, 0.5) is 0 Å². The maximum atomic E-state index is 4.42. The van der Waals surface area contributed by atoms with Crippen LogP contribution in [0.25, 0.3) is 0 Å². The van der Waals surface area contributed by atoms with Gasteiger partial charge in [-0.2, -0.15) is 5.10 Å². The molecule has 0 bridgehead atoms. The fourth-order valence-electron chi connectivity index (χ4n) is 1.75. The zero-order valence-corrected chi connectivity index (χ0v) is 11.0. The smallest absolute Gasteiger partial charge is 0.164 e. The molecular formula is C12H20N6. The molecule has 6 heteroatoms. The Hall–Kier alpha value is -1.69. The van der Waals surface area contributed by atoms with Crippen molar-refractivity contribution in [3.05, 3.63) is 30.4 Å². The minimum atomic E-state index is 0.739. The van der Waals surface area contributed by atoms with E-state index in [4.69, 9.17) is 0 Å². The van der Waals surface area contributed by atoms with Crippen molar-refractivity contribution in [1.82, 2.24) is 29.6 Å². The van der Waals surface area contributed by atoms with Crippen LogP contribution in [-0.2, 0) is 26.6 Å². The number of aryl methyl sites for hydroxylation is 3. The minimum Gasteiger partial charge on any atom is -0.338 e. The molecule has 0 radical (unpaired) electrons. The number of nitrogens with zero attached hydrogens (tertiary/aromatic N) is 5. The molecule has 0 saturated heterocycles. The number of rotatable bonds is 7. The summed E-state index contributed by atoms with van der Waals surface area (Å²) in [5, 5.41) is 7.71. The molecule has 2 rings (SSSR count). The monoisotopic (exact) mass is 248 g/mol. The predicted octanol–water partition coefficient (Wildman–Crippen LogP) is 0.754. The second-order valence-corrected chi connectivity index (χ2v) is 4.31. The van der Waals surface area contributed by atoms with E-state index in [0.29, 0.717) is 0 Å². The molecule has 2 aromatic rings. The van der Waals surface area contributed by atoms with Gasteiger partial charge < -0.3 is 9.88 Å². The van der Waals surface area contributed by atoms with Crippen molar-refractivity contribution in [2.45, 2.75) is 32.9 Å². The van der Waals surface area contributed by atoms with Crippen molar-refractivity contribution >= 4 is 0 Å². The Labute approximate surface area is 107 Å². The van der Waals surface area contributed by atoms with Crippen molar-refractivity contribution in [3.8, 4) is 0 Å². The number of hydrogen-bond acceptors (Lipinski definition) is 4. The highest BCUT2D eigenvalue weighted by molar-refractivity contribution is 4.91. The molecule has 0 aliphatic carbocycles. The first-order valence-electron chi connectivity index (χ1n) is 6.35. The Kier molecular flexibility index (Phi) is 4.46. The van der Waals surface area contributed by atoms with Gasteiger partial charge in [0.25, 0.3) is 0 Å². The van der Waals surface area contributed by atoms with Gasteiger partial charge in [-0.15, -0.1) is 0 Å². The first-order chi connectivity index (χ1) is 8.79.